The standard InChI is InChI=1S/C23H21N3O3.ClH/c27-21(20-15-18-3-1-2-4-19(18)25-20)26-23(11-13-24-14-12-23)10-9-16-5-7-17(8-6-16)22(28)29;/h1-8,15,24-25H,11-14H2,(H,26,27)(H,28,29);1H. The van der Waals surface area contributed by atoms with E-state index in [4.69, 9.17) is 5.11 Å². The number of nitrogens with one attached hydrogen (secondary N) is 3. The summed E-state index contributed by atoms with van der Waals surface area (Å²) in [5, 5.41) is 16.4. The second kappa shape index (κ2) is 9.04. The largest absolute Gasteiger partial charge is 0.478 e. The molecule has 1 saturated heterocycles. The molecule has 2 aromatic carbocycles. The van der Waals surface area contributed by atoms with Crippen molar-refractivity contribution in [1.82, 2.24) is 15.6 Å². The zero-order chi connectivity index (χ0) is 20.3. The number of carboxylic acid groups (broad SMARTS) is 1. The zero-order valence-electron chi connectivity index (χ0n) is 16.2. The number of carbonyl (C=O) groups excluding carboxylic acids is 1. The van der Waals surface area contributed by atoms with Gasteiger partial charge >= 0.3 is 5.97 Å². The average Bonchev–Trinajstić information content (AvgIpc) is 3.18. The molecule has 0 spiro atoms. The van der Waals surface area contributed by atoms with Crippen LogP contribution in [0.25, 0.3) is 10.9 Å². The van der Waals surface area contributed by atoms with Crippen LogP contribution in [0.3, 0.4) is 0 Å². The molecule has 1 fully saturated rings. The molecule has 3 aromatic rings. The number of carbonyl (C=O) groups is 2. The van der Waals surface area contributed by atoms with Crippen LogP contribution in [0.2, 0.25) is 0 Å². The first kappa shape index (κ1) is 21.4. The number of piperidine rings is 1. The summed E-state index contributed by atoms with van der Waals surface area (Å²) in [6.45, 7) is 1.53. The highest BCUT2D eigenvalue weighted by Gasteiger charge is 2.32. The van der Waals surface area contributed by atoms with Crippen LogP contribution in [-0.2, 0) is 0 Å². The number of aromatic carboxylic acids is 1. The van der Waals surface area contributed by atoms with Crippen LogP contribution in [0.1, 0.15) is 39.3 Å². The molecule has 0 atom stereocenters. The van der Waals surface area contributed by atoms with Crippen molar-refractivity contribution in [2.24, 2.45) is 0 Å². The molecule has 7 heteroatoms. The van der Waals surface area contributed by atoms with E-state index >= 15 is 0 Å². The van der Waals surface area contributed by atoms with Crippen molar-refractivity contribution in [1.29, 1.82) is 0 Å². The highest BCUT2D eigenvalue weighted by Crippen LogP contribution is 2.20. The minimum absolute atomic E-state index is 0. The molecule has 0 aliphatic carbocycles. The van der Waals surface area contributed by atoms with Crippen molar-refractivity contribution >= 4 is 35.2 Å². The molecule has 30 heavy (non-hydrogen) atoms. The minimum Gasteiger partial charge on any atom is -0.478 e. The lowest BCUT2D eigenvalue weighted by molar-refractivity contribution is 0.0696. The Morgan fingerprint density at radius 3 is 2.40 bits per heavy atom. The number of rotatable bonds is 3. The van der Waals surface area contributed by atoms with Crippen LogP contribution < -0.4 is 10.6 Å². The third-order valence-electron chi connectivity index (χ3n) is 5.16. The molecule has 1 aromatic heterocycles. The summed E-state index contributed by atoms with van der Waals surface area (Å²) in [7, 11) is 0. The molecule has 0 radical (unpaired) electrons. The van der Waals surface area contributed by atoms with Crippen LogP contribution in [-0.4, -0.2) is 40.6 Å². The lowest BCUT2D eigenvalue weighted by Gasteiger charge is -2.33. The van der Waals surface area contributed by atoms with Gasteiger partial charge in [-0.05, 0) is 62.3 Å². The number of hydrogen-bond donors (Lipinski definition) is 4. The van der Waals surface area contributed by atoms with Crippen molar-refractivity contribution in [3.05, 3.63) is 71.4 Å². The fourth-order valence-corrected chi connectivity index (χ4v) is 3.50. The number of hydrogen-bond acceptors (Lipinski definition) is 3. The van der Waals surface area contributed by atoms with E-state index in [9.17, 15) is 9.59 Å². The Balaban J connectivity index is 0.00000256. The first-order chi connectivity index (χ1) is 14.0. The van der Waals surface area contributed by atoms with Gasteiger partial charge in [0.2, 0.25) is 0 Å². The minimum atomic E-state index is -0.968. The average molecular weight is 424 g/mol. The smallest absolute Gasteiger partial charge is 0.335 e. The summed E-state index contributed by atoms with van der Waals surface area (Å²) >= 11 is 0. The summed E-state index contributed by atoms with van der Waals surface area (Å²) in [6, 6.07) is 16.0. The molecule has 0 unspecified atom stereocenters. The summed E-state index contributed by atoms with van der Waals surface area (Å²) in [5.74, 6) is 5.21. The molecular formula is C23H22ClN3O3. The van der Waals surface area contributed by atoms with Crippen molar-refractivity contribution in [3.8, 4) is 11.8 Å². The molecular weight excluding hydrogens is 402 g/mol. The highest BCUT2D eigenvalue weighted by molar-refractivity contribution is 5.98. The molecule has 1 amide bonds. The monoisotopic (exact) mass is 423 g/mol. The number of halogens is 1. The van der Waals surface area contributed by atoms with Crippen LogP contribution in [0.4, 0.5) is 0 Å². The van der Waals surface area contributed by atoms with E-state index in [1.807, 2.05) is 30.3 Å². The summed E-state index contributed by atoms with van der Waals surface area (Å²) in [5.41, 5.74) is 1.73. The maximum atomic E-state index is 12.9. The summed E-state index contributed by atoms with van der Waals surface area (Å²) in [4.78, 5) is 27.1. The number of aromatic nitrogens is 1. The van der Waals surface area contributed by atoms with Gasteiger partial charge in [-0.2, -0.15) is 0 Å². The van der Waals surface area contributed by atoms with Gasteiger partial charge in [-0.3, -0.25) is 4.79 Å². The van der Waals surface area contributed by atoms with E-state index in [2.05, 4.69) is 27.5 Å². The molecule has 0 bridgehead atoms. The van der Waals surface area contributed by atoms with Gasteiger partial charge in [0.1, 0.15) is 11.2 Å². The number of fused-ring (bicyclic) bond motifs is 1. The Morgan fingerprint density at radius 1 is 1.03 bits per heavy atom. The predicted molar refractivity (Wildman–Crippen MR) is 118 cm³/mol. The van der Waals surface area contributed by atoms with Crippen LogP contribution in [0.15, 0.2) is 54.6 Å². The van der Waals surface area contributed by atoms with Crippen molar-refractivity contribution in [2.75, 3.05) is 13.1 Å². The Morgan fingerprint density at radius 2 is 1.73 bits per heavy atom. The first-order valence-electron chi connectivity index (χ1n) is 9.52. The van der Waals surface area contributed by atoms with Gasteiger partial charge in [0.25, 0.3) is 5.91 Å². The second-order valence-corrected chi connectivity index (χ2v) is 7.19. The molecule has 0 saturated carbocycles. The summed E-state index contributed by atoms with van der Waals surface area (Å²) < 4.78 is 0. The van der Waals surface area contributed by atoms with Gasteiger partial charge in [0.15, 0.2) is 0 Å². The lowest BCUT2D eigenvalue weighted by atomic mass is 9.88. The van der Waals surface area contributed by atoms with Gasteiger partial charge in [-0.1, -0.05) is 30.0 Å². The third-order valence-corrected chi connectivity index (χ3v) is 5.16. The van der Waals surface area contributed by atoms with E-state index in [-0.39, 0.29) is 23.9 Å². The number of carboxylic acids is 1. The SMILES string of the molecule is Cl.O=C(O)c1ccc(C#CC2(NC(=O)c3cc4ccccc4[nH]3)CCNCC2)cc1. The Bertz CT molecular complexity index is 1090. The number of amides is 1. The number of aromatic amines is 1. The Hall–Kier alpha value is -3.27. The van der Waals surface area contributed by atoms with Gasteiger partial charge in [-0.15, -0.1) is 12.4 Å². The van der Waals surface area contributed by atoms with Crippen LogP contribution in [0, 0.1) is 11.8 Å². The highest BCUT2D eigenvalue weighted by atomic mass is 35.5. The van der Waals surface area contributed by atoms with Gasteiger partial charge in [-0.25, -0.2) is 4.79 Å². The van der Waals surface area contributed by atoms with E-state index < -0.39 is 11.5 Å². The molecule has 6 nitrogen and oxygen atoms in total. The van der Waals surface area contributed by atoms with Gasteiger partial charge < -0.3 is 20.7 Å². The van der Waals surface area contributed by atoms with Crippen LogP contribution >= 0.6 is 12.4 Å². The molecule has 4 N–H and O–H groups in total. The van der Waals surface area contributed by atoms with Gasteiger partial charge in [0.05, 0.1) is 5.56 Å². The quantitative estimate of drug-likeness (QED) is 0.487. The number of H-pyrrole nitrogens is 1. The van der Waals surface area contributed by atoms with Crippen LogP contribution in [0.5, 0.6) is 0 Å². The van der Waals surface area contributed by atoms with E-state index in [1.54, 1.807) is 12.1 Å². The van der Waals surface area contributed by atoms with E-state index in [0.717, 1.165) is 24.0 Å². The lowest BCUT2D eigenvalue weighted by Crippen LogP contribution is -2.53. The number of benzene rings is 2. The molecule has 154 valence electrons. The fourth-order valence-electron chi connectivity index (χ4n) is 3.50. The second-order valence-electron chi connectivity index (χ2n) is 7.19. The number of para-hydroxylation sites is 1. The third kappa shape index (κ3) is 4.65. The van der Waals surface area contributed by atoms with E-state index in [0.29, 0.717) is 24.1 Å². The maximum Gasteiger partial charge on any atom is 0.335 e. The first-order valence-corrected chi connectivity index (χ1v) is 9.52. The van der Waals surface area contributed by atoms with E-state index in [1.165, 1.54) is 12.1 Å². The summed E-state index contributed by atoms with van der Waals surface area (Å²) in [6.07, 6.45) is 1.39. The molecule has 1 aliphatic heterocycles. The Labute approximate surface area is 180 Å². The molecule has 1 aliphatic rings. The predicted octanol–water partition coefficient (Wildman–Crippen LogP) is 3.19. The molecule has 4 rings (SSSR count). The van der Waals surface area contributed by atoms with Crippen molar-refractivity contribution < 1.29 is 14.7 Å². The fraction of sp³-hybridized carbons (Fsp3) is 0.217. The zero-order valence-corrected chi connectivity index (χ0v) is 17.0. The van der Waals surface area contributed by atoms with Crippen molar-refractivity contribution in [3.63, 3.8) is 0 Å². The molecule has 2 heterocycles. The topological polar surface area (TPSA) is 94.2 Å². The Kier molecular flexibility index (Phi) is 6.46. The van der Waals surface area contributed by atoms with Crippen molar-refractivity contribution in [2.45, 2.75) is 18.4 Å². The van der Waals surface area contributed by atoms with Gasteiger partial charge in [0, 0.05) is 16.5 Å². The maximum absolute atomic E-state index is 12.9. The normalized spacial score (nSPS) is 14.8.